The van der Waals surface area contributed by atoms with Crippen molar-refractivity contribution in [2.45, 2.75) is 27.2 Å². The first-order valence-corrected chi connectivity index (χ1v) is 6.93. The number of nitrogens with two attached hydrogens (primary N) is 1. The molecule has 0 bridgehead atoms. The van der Waals surface area contributed by atoms with Crippen molar-refractivity contribution >= 4 is 11.8 Å². The number of pyridine rings is 1. The van der Waals surface area contributed by atoms with Gasteiger partial charge in [-0.1, -0.05) is 20.8 Å². The predicted molar refractivity (Wildman–Crippen MR) is 80.9 cm³/mol. The SMILES string of the molecule is CCCN(CC(C)(C)CN)c1ncccc1C(=O)OC. The molecule has 0 aromatic carbocycles. The molecule has 112 valence electrons. The van der Waals surface area contributed by atoms with Gasteiger partial charge in [-0.15, -0.1) is 0 Å². The molecular formula is C15H25N3O2. The van der Waals surface area contributed by atoms with Gasteiger partial charge < -0.3 is 15.4 Å². The van der Waals surface area contributed by atoms with Crippen molar-refractivity contribution in [3.05, 3.63) is 23.9 Å². The highest BCUT2D eigenvalue weighted by Crippen LogP contribution is 2.23. The number of rotatable bonds is 7. The molecule has 2 N–H and O–H groups in total. The number of carbonyl (C=O) groups excluding carboxylic acids is 1. The normalized spacial score (nSPS) is 11.2. The molecule has 0 unspecified atom stereocenters. The van der Waals surface area contributed by atoms with Gasteiger partial charge in [-0.25, -0.2) is 9.78 Å². The van der Waals surface area contributed by atoms with E-state index in [2.05, 4.69) is 30.7 Å². The standard InChI is InChI=1S/C15H25N3O2/c1-5-9-18(11-15(2,3)10-16)13-12(14(19)20-4)7-6-8-17-13/h6-8H,5,9-11,16H2,1-4H3. The average molecular weight is 279 g/mol. The fourth-order valence-electron chi connectivity index (χ4n) is 2.03. The first-order valence-electron chi connectivity index (χ1n) is 6.93. The van der Waals surface area contributed by atoms with Crippen molar-refractivity contribution in [2.24, 2.45) is 11.1 Å². The van der Waals surface area contributed by atoms with Crippen LogP contribution in [0.5, 0.6) is 0 Å². The molecular weight excluding hydrogens is 254 g/mol. The molecule has 0 spiro atoms. The van der Waals surface area contributed by atoms with Crippen molar-refractivity contribution < 1.29 is 9.53 Å². The Balaban J connectivity index is 3.11. The number of aromatic nitrogens is 1. The highest BCUT2D eigenvalue weighted by Gasteiger charge is 2.24. The lowest BCUT2D eigenvalue weighted by Crippen LogP contribution is -2.40. The van der Waals surface area contributed by atoms with Crippen LogP contribution in [-0.4, -0.2) is 37.7 Å². The van der Waals surface area contributed by atoms with Gasteiger partial charge in [0.2, 0.25) is 0 Å². The molecule has 0 aliphatic rings. The molecule has 0 aliphatic carbocycles. The van der Waals surface area contributed by atoms with Crippen LogP contribution in [0.25, 0.3) is 0 Å². The number of ether oxygens (including phenoxy) is 1. The molecule has 0 atom stereocenters. The molecule has 0 fully saturated rings. The lowest BCUT2D eigenvalue weighted by atomic mass is 9.93. The van der Waals surface area contributed by atoms with Crippen molar-refractivity contribution in [1.29, 1.82) is 0 Å². The minimum absolute atomic E-state index is 0.0416. The van der Waals surface area contributed by atoms with E-state index in [-0.39, 0.29) is 11.4 Å². The Morgan fingerprint density at radius 3 is 2.75 bits per heavy atom. The van der Waals surface area contributed by atoms with Crippen molar-refractivity contribution in [3.63, 3.8) is 0 Å². The largest absolute Gasteiger partial charge is 0.465 e. The van der Waals surface area contributed by atoms with E-state index in [1.165, 1.54) is 7.11 Å². The maximum absolute atomic E-state index is 11.9. The lowest BCUT2D eigenvalue weighted by molar-refractivity contribution is 0.0601. The summed E-state index contributed by atoms with van der Waals surface area (Å²) < 4.78 is 4.83. The van der Waals surface area contributed by atoms with Gasteiger partial charge in [0.15, 0.2) is 0 Å². The van der Waals surface area contributed by atoms with Gasteiger partial charge in [0.25, 0.3) is 0 Å². The van der Waals surface area contributed by atoms with Gasteiger partial charge in [0, 0.05) is 19.3 Å². The Bertz CT molecular complexity index is 446. The molecule has 0 saturated carbocycles. The molecule has 0 radical (unpaired) electrons. The van der Waals surface area contributed by atoms with Crippen LogP contribution in [0.1, 0.15) is 37.6 Å². The van der Waals surface area contributed by atoms with Crippen LogP contribution in [0.3, 0.4) is 0 Å². The smallest absolute Gasteiger partial charge is 0.341 e. The maximum Gasteiger partial charge on any atom is 0.341 e. The molecule has 0 aliphatic heterocycles. The highest BCUT2D eigenvalue weighted by molar-refractivity contribution is 5.94. The van der Waals surface area contributed by atoms with E-state index in [9.17, 15) is 4.79 Å². The van der Waals surface area contributed by atoms with Crippen LogP contribution in [0.2, 0.25) is 0 Å². The molecule has 1 heterocycles. The third-order valence-electron chi connectivity index (χ3n) is 3.16. The topological polar surface area (TPSA) is 68.5 Å². The van der Waals surface area contributed by atoms with E-state index < -0.39 is 0 Å². The summed E-state index contributed by atoms with van der Waals surface area (Å²) in [7, 11) is 1.38. The highest BCUT2D eigenvalue weighted by atomic mass is 16.5. The second kappa shape index (κ2) is 7.24. The summed E-state index contributed by atoms with van der Waals surface area (Å²) in [6, 6.07) is 3.49. The zero-order valence-electron chi connectivity index (χ0n) is 12.8. The van der Waals surface area contributed by atoms with E-state index >= 15 is 0 Å². The van der Waals surface area contributed by atoms with Gasteiger partial charge >= 0.3 is 5.97 Å². The molecule has 1 aromatic heterocycles. The monoisotopic (exact) mass is 279 g/mol. The summed E-state index contributed by atoms with van der Waals surface area (Å²) in [4.78, 5) is 18.3. The maximum atomic E-state index is 11.9. The average Bonchev–Trinajstić information content (AvgIpc) is 2.46. The number of hydrogen-bond acceptors (Lipinski definition) is 5. The molecule has 20 heavy (non-hydrogen) atoms. The summed E-state index contributed by atoms with van der Waals surface area (Å²) in [6.07, 6.45) is 2.66. The number of anilines is 1. The number of carbonyl (C=O) groups is 1. The van der Waals surface area contributed by atoms with Crippen molar-refractivity contribution in [3.8, 4) is 0 Å². The molecule has 5 nitrogen and oxygen atoms in total. The van der Waals surface area contributed by atoms with Gasteiger partial charge in [-0.05, 0) is 30.5 Å². The first-order chi connectivity index (χ1) is 9.45. The Morgan fingerprint density at radius 1 is 1.50 bits per heavy atom. The van der Waals surface area contributed by atoms with Crippen LogP contribution in [-0.2, 0) is 4.74 Å². The third-order valence-corrected chi connectivity index (χ3v) is 3.16. The zero-order valence-corrected chi connectivity index (χ0v) is 12.8. The van der Waals surface area contributed by atoms with Crippen molar-refractivity contribution in [1.82, 2.24) is 4.98 Å². The van der Waals surface area contributed by atoms with E-state index in [0.29, 0.717) is 17.9 Å². The number of esters is 1. The molecule has 1 aromatic rings. The summed E-state index contributed by atoms with van der Waals surface area (Å²) in [5.74, 6) is 0.308. The first kappa shape index (κ1) is 16.4. The quantitative estimate of drug-likeness (QED) is 0.774. The zero-order chi connectivity index (χ0) is 15.2. The van der Waals surface area contributed by atoms with Gasteiger partial charge in [0.1, 0.15) is 11.4 Å². The summed E-state index contributed by atoms with van der Waals surface area (Å²) >= 11 is 0. The molecule has 1 rings (SSSR count). The summed E-state index contributed by atoms with van der Waals surface area (Å²) in [5, 5.41) is 0. The van der Waals surface area contributed by atoms with Gasteiger partial charge in [0.05, 0.1) is 7.11 Å². The molecule has 5 heteroatoms. The number of hydrogen-bond donors (Lipinski definition) is 1. The van der Waals surface area contributed by atoms with Gasteiger partial charge in [-0.2, -0.15) is 0 Å². The van der Waals surface area contributed by atoms with Crippen LogP contribution >= 0.6 is 0 Å². The number of nitrogens with zero attached hydrogens (tertiary/aromatic N) is 2. The summed E-state index contributed by atoms with van der Waals surface area (Å²) in [6.45, 7) is 8.46. The fourth-order valence-corrected chi connectivity index (χ4v) is 2.03. The van der Waals surface area contributed by atoms with Crippen LogP contribution < -0.4 is 10.6 Å². The van der Waals surface area contributed by atoms with E-state index in [0.717, 1.165) is 19.5 Å². The minimum Gasteiger partial charge on any atom is -0.465 e. The predicted octanol–water partition coefficient (Wildman–Crippen LogP) is 2.07. The Kier molecular flexibility index (Phi) is 5.95. The third kappa shape index (κ3) is 4.20. The van der Waals surface area contributed by atoms with Crippen molar-refractivity contribution in [2.75, 3.05) is 31.6 Å². The fraction of sp³-hybridized carbons (Fsp3) is 0.600. The van der Waals surface area contributed by atoms with Crippen LogP contribution in [0, 0.1) is 5.41 Å². The Labute approximate surface area is 121 Å². The second-order valence-electron chi connectivity index (χ2n) is 5.66. The van der Waals surface area contributed by atoms with E-state index in [4.69, 9.17) is 10.5 Å². The number of methoxy groups -OCH3 is 1. The Hall–Kier alpha value is -1.62. The second-order valence-corrected chi connectivity index (χ2v) is 5.66. The van der Waals surface area contributed by atoms with E-state index in [1.807, 2.05) is 0 Å². The lowest BCUT2D eigenvalue weighted by Gasteiger charge is -2.33. The molecule has 0 amide bonds. The minimum atomic E-state index is -0.361. The molecule has 0 saturated heterocycles. The summed E-state index contributed by atoms with van der Waals surface area (Å²) in [5.41, 5.74) is 6.27. The van der Waals surface area contributed by atoms with E-state index in [1.54, 1.807) is 18.3 Å². The van der Waals surface area contributed by atoms with Crippen LogP contribution in [0.15, 0.2) is 18.3 Å². The van der Waals surface area contributed by atoms with Gasteiger partial charge in [-0.3, -0.25) is 0 Å². The Morgan fingerprint density at radius 2 is 2.20 bits per heavy atom. The van der Waals surface area contributed by atoms with Crippen LogP contribution in [0.4, 0.5) is 5.82 Å².